The number of phenols is 1. The lowest BCUT2D eigenvalue weighted by Gasteiger charge is -2.32. The van der Waals surface area contributed by atoms with Crippen molar-refractivity contribution in [3.8, 4) is 5.75 Å². The number of tetrazole rings is 1. The van der Waals surface area contributed by atoms with E-state index < -0.39 is 0 Å². The second-order valence-corrected chi connectivity index (χ2v) is 7.61. The first-order valence-corrected chi connectivity index (χ1v) is 9.66. The van der Waals surface area contributed by atoms with Gasteiger partial charge in [0.2, 0.25) is 11.1 Å². The number of amides is 1. The Morgan fingerprint density at radius 1 is 1.16 bits per heavy atom. The van der Waals surface area contributed by atoms with E-state index in [-0.39, 0.29) is 5.91 Å². The molecule has 4 rings (SSSR count). The molecule has 0 unspecified atom stereocenters. The second kappa shape index (κ2) is 7.03. The lowest BCUT2D eigenvalue weighted by Crippen LogP contribution is -2.39. The van der Waals surface area contributed by atoms with Crippen LogP contribution in [-0.4, -0.2) is 55.0 Å². The van der Waals surface area contributed by atoms with Crippen LogP contribution in [0.2, 0.25) is 0 Å². The minimum Gasteiger partial charge on any atom is -0.508 e. The number of benzene rings is 1. The van der Waals surface area contributed by atoms with E-state index in [1.54, 1.807) is 12.1 Å². The van der Waals surface area contributed by atoms with Gasteiger partial charge in [0.05, 0.1) is 11.8 Å². The van der Waals surface area contributed by atoms with Crippen LogP contribution in [0.1, 0.15) is 43.2 Å². The highest BCUT2D eigenvalue weighted by Gasteiger charge is 2.29. The van der Waals surface area contributed by atoms with E-state index in [4.69, 9.17) is 0 Å². The van der Waals surface area contributed by atoms with E-state index >= 15 is 0 Å². The van der Waals surface area contributed by atoms with Crippen LogP contribution in [0.15, 0.2) is 29.4 Å². The second-order valence-electron chi connectivity index (χ2n) is 6.67. The van der Waals surface area contributed by atoms with Gasteiger partial charge < -0.3 is 10.0 Å². The van der Waals surface area contributed by atoms with Crippen LogP contribution < -0.4 is 0 Å². The van der Waals surface area contributed by atoms with Crippen molar-refractivity contribution in [3.63, 3.8) is 0 Å². The third kappa shape index (κ3) is 3.78. The van der Waals surface area contributed by atoms with Gasteiger partial charge >= 0.3 is 0 Å². The number of rotatable bonds is 5. The third-order valence-electron chi connectivity index (χ3n) is 4.89. The van der Waals surface area contributed by atoms with E-state index in [9.17, 15) is 9.90 Å². The number of hydrogen-bond acceptors (Lipinski definition) is 6. The Balaban J connectivity index is 1.27. The molecule has 1 saturated heterocycles. The highest BCUT2D eigenvalue weighted by Crippen LogP contribution is 2.36. The minimum absolute atomic E-state index is 0.152. The van der Waals surface area contributed by atoms with E-state index in [2.05, 4.69) is 15.5 Å². The summed E-state index contributed by atoms with van der Waals surface area (Å²) in [4.78, 5) is 14.4. The van der Waals surface area contributed by atoms with E-state index in [0.717, 1.165) is 43.9 Å². The smallest absolute Gasteiger partial charge is 0.233 e. The molecule has 2 heterocycles. The predicted molar refractivity (Wildman–Crippen MR) is 93.5 cm³/mol. The molecular weight excluding hydrogens is 338 g/mol. The summed E-state index contributed by atoms with van der Waals surface area (Å²) in [6, 6.07) is 7.84. The SMILES string of the molecule is O=C(CSc1nnnn1C1CC1)N1CCC(c2ccc(O)cc2)CC1. The van der Waals surface area contributed by atoms with Crippen LogP contribution in [0.3, 0.4) is 0 Å². The first kappa shape index (κ1) is 16.4. The van der Waals surface area contributed by atoms with Crippen LogP contribution in [0, 0.1) is 0 Å². The molecule has 1 amide bonds. The summed E-state index contributed by atoms with van der Waals surface area (Å²) in [6.07, 6.45) is 4.16. The van der Waals surface area contributed by atoms with Gasteiger partial charge in [0.1, 0.15) is 5.75 Å². The number of hydrogen-bond donors (Lipinski definition) is 1. The van der Waals surface area contributed by atoms with Crippen molar-refractivity contribution in [2.24, 2.45) is 0 Å². The van der Waals surface area contributed by atoms with Crippen molar-refractivity contribution >= 4 is 17.7 Å². The highest BCUT2D eigenvalue weighted by atomic mass is 32.2. The molecule has 1 aromatic carbocycles. The molecule has 132 valence electrons. The number of carbonyl (C=O) groups is 1. The largest absolute Gasteiger partial charge is 0.508 e. The van der Waals surface area contributed by atoms with Gasteiger partial charge in [-0.1, -0.05) is 23.9 Å². The number of likely N-dealkylation sites (tertiary alicyclic amines) is 1. The standard InChI is InChI=1S/C17H21N5O2S/c23-15-5-1-12(2-6-15)13-7-9-21(10-8-13)16(24)11-25-17-18-19-20-22(17)14-3-4-14/h1-2,5-6,13-14,23H,3-4,7-11H2. The van der Waals surface area contributed by atoms with Gasteiger partial charge in [0.15, 0.2) is 0 Å². The molecule has 1 aliphatic carbocycles. The molecule has 1 N–H and O–H groups in total. The zero-order chi connectivity index (χ0) is 17.2. The van der Waals surface area contributed by atoms with Crippen LogP contribution in [0.25, 0.3) is 0 Å². The maximum atomic E-state index is 12.5. The first-order chi connectivity index (χ1) is 12.2. The molecule has 0 radical (unpaired) electrons. The summed E-state index contributed by atoms with van der Waals surface area (Å²) in [5.74, 6) is 1.29. The molecule has 0 spiro atoms. The predicted octanol–water partition coefficient (Wildman–Crippen LogP) is 2.21. The molecule has 2 aromatic rings. The summed E-state index contributed by atoms with van der Waals surface area (Å²) < 4.78 is 1.84. The molecule has 8 heteroatoms. The number of nitrogens with zero attached hydrogens (tertiary/aromatic N) is 5. The van der Waals surface area contributed by atoms with E-state index in [0.29, 0.717) is 23.5 Å². The Morgan fingerprint density at radius 3 is 2.56 bits per heavy atom. The van der Waals surface area contributed by atoms with Gasteiger partial charge in [-0.05, 0) is 59.7 Å². The van der Waals surface area contributed by atoms with Gasteiger partial charge in [-0.25, -0.2) is 4.68 Å². The Morgan fingerprint density at radius 2 is 1.88 bits per heavy atom. The Kier molecular flexibility index (Phi) is 4.61. The fourth-order valence-corrected chi connectivity index (χ4v) is 4.10. The number of piperidine rings is 1. The average Bonchev–Trinajstić information content (AvgIpc) is 3.38. The number of aromatic nitrogens is 4. The van der Waals surface area contributed by atoms with Crippen molar-refractivity contribution in [1.82, 2.24) is 25.1 Å². The Bertz CT molecular complexity index is 736. The molecular formula is C17H21N5O2S. The summed E-state index contributed by atoms with van der Waals surface area (Å²) in [6.45, 7) is 1.55. The minimum atomic E-state index is 0.152. The lowest BCUT2D eigenvalue weighted by atomic mass is 9.89. The van der Waals surface area contributed by atoms with Crippen molar-refractivity contribution in [3.05, 3.63) is 29.8 Å². The van der Waals surface area contributed by atoms with Crippen molar-refractivity contribution in [2.45, 2.75) is 42.8 Å². The first-order valence-electron chi connectivity index (χ1n) is 8.68. The molecule has 0 bridgehead atoms. The van der Waals surface area contributed by atoms with Gasteiger partial charge in [0.25, 0.3) is 0 Å². The Hall–Kier alpha value is -2.09. The van der Waals surface area contributed by atoms with Gasteiger partial charge in [-0.3, -0.25) is 4.79 Å². The van der Waals surface area contributed by atoms with E-state index in [1.165, 1.54) is 17.3 Å². The normalized spacial score (nSPS) is 18.5. The molecule has 2 fully saturated rings. The number of carbonyl (C=O) groups excluding carboxylic acids is 1. The average molecular weight is 359 g/mol. The third-order valence-corrected chi connectivity index (χ3v) is 5.81. The van der Waals surface area contributed by atoms with Gasteiger partial charge in [-0.15, -0.1) is 5.10 Å². The summed E-state index contributed by atoms with van der Waals surface area (Å²) >= 11 is 1.43. The van der Waals surface area contributed by atoms with Crippen molar-refractivity contribution in [2.75, 3.05) is 18.8 Å². The molecule has 7 nitrogen and oxygen atoms in total. The fraction of sp³-hybridized carbons (Fsp3) is 0.529. The topological polar surface area (TPSA) is 84.1 Å². The lowest BCUT2D eigenvalue weighted by molar-refractivity contribution is -0.129. The summed E-state index contributed by atoms with van der Waals surface area (Å²) in [7, 11) is 0. The fourth-order valence-electron chi connectivity index (χ4n) is 3.26. The van der Waals surface area contributed by atoms with Crippen LogP contribution in [-0.2, 0) is 4.79 Å². The van der Waals surface area contributed by atoms with Crippen molar-refractivity contribution in [1.29, 1.82) is 0 Å². The molecule has 1 aliphatic heterocycles. The molecule has 1 saturated carbocycles. The van der Waals surface area contributed by atoms with Crippen LogP contribution in [0.5, 0.6) is 5.75 Å². The molecule has 2 aliphatic rings. The van der Waals surface area contributed by atoms with Gasteiger partial charge in [-0.2, -0.15) is 0 Å². The number of phenolic OH excluding ortho intramolecular Hbond substituents is 1. The van der Waals surface area contributed by atoms with E-state index in [1.807, 2.05) is 21.7 Å². The Labute approximate surface area is 150 Å². The maximum Gasteiger partial charge on any atom is 0.233 e. The zero-order valence-corrected chi connectivity index (χ0v) is 14.7. The molecule has 25 heavy (non-hydrogen) atoms. The van der Waals surface area contributed by atoms with Crippen molar-refractivity contribution < 1.29 is 9.90 Å². The highest BCUT2D eigenvalue weighted by molar-refractivity contribution is 7.99. The number of thioether (sulfide) groups is 1. The van der Waals surface area contributed by atoms with Gasteiger partial charge in [0, 0.05) is 13.1 Å². The van der Waals surface area contributed by atoms with Crippen LogP contribution in [0.4, 0.5) is 0 Å². The summed E-state index contributed by atoms with van der Waals surface area (Å²) in [5.41, 5.74) is 1.24. The summed E-state index contributed by atoms with van der Waals surface area (Å²) in [5, 5.41) is 21.9. The molecule has 0 atom stereocenters. The molecule has 1 aromatic heterocycles. The monoisotopic (exact) mass is 359 g/mol. The quantitative estimate of drug-likeness (QED) is 0.824. The zero-order valence-electron chi connectivity index (χ0n) is 13.9. The number of aromatic hydroxyl groups is 1. The van der Waals surface area contributed by atoms with Crippen LogP contribution >= 0.6 is 11.8 Å². The maximum absolute atomic E-state index is 12.5.